The predicted molar refractivity (Wildman–Crippen MR) is 106 cm³/mol. The first-order valence-corrected chi connectivity index (χ1v) is 10.2. The number of benzene rings is 1. The summed E-state index contributed by atoms with van der Waals surface area (Å²) in [7, 11) is 0. The zero-order valence-corrected chi connectivity index (χ0v) is 16.5. The molecule has 0 bridgehead atoms. The Hall–Kier alpha value is -1.93. The molecular weight excluding hydrogens is 383 g/mol. The highest BCUT2D eigenvalue weighted by molar-refractivity contribution is 5.96. The summed E-state index contributed by atoms with van der Waals surface area (Å²) in [6.45, 7) is 3.61. The first kappa shape index (κ1) is 21.8. The fraction of sp³-hybridized carbons (Fsp3) is 0.619. The molecule has 1 aliphatic carbocycles. The van der Waals surface area contributed by atoms with E-state index < -0.39 is 24.3 Å². The minimum absolute atomic E-state index is 0.461. The molecule has 8 heteroatoms. The summed E-state index contributed by atoms with van der Waals surface area (Å²) in [4.78, 5) is 19.5. The summed E-state index contributed by atoms with van der Waals surface area (Å²) in [6, 6.07) is 5.56. The fourth-order valence-electron chi connectivity index (χ4n) is 4.10. The summed E-state index contributed by atoms with van der Waals surface area (Å²) < 4.78 is 38.8. The molecule has 0 radical (unpaired) electrons. The summed E-state index contributed by atoms with van der Waals surface area (Å²) in [6.07, 6.45) is 0.446. The monoisotopic (exact) mass is 411 g/mol. The molecule has 5 nitrogen and oxygen atoms in total. The Balaban J connectivity index is 1.41. The van der Waals surface area contributed by atoms with Gasteiger partial charge < -0.3 is 10.0 Å². The third kappa shape index (κ3) is 6.27. The number of aliphatic hydroxyl groups is 1. The summed E-state index contributed by atoms with van der Waals surface area (Å²) in [5.74, 6) is 0.150. The Bertz CT molecular complexity index is 718. The summed E-state index contributed by atoms with van der Waals surface area (Å²) in [5, 5.41) is 8.77. The van der Waals surface area contributed by atoms with Gasteiger partial charge in [-0.1, -0.05) is 6.07 Å². The van der Waals surface area contributed by atoms with Gasteiger partial charge in [0.1, 0.15) is 6.61 Å². The van der Waals surface area contributed by atoms with Crippen LogP contribution in [0.25, 0.3) is 0 Å². The molecule has 1 aromatic carbocycles. The first-order valence-electron chi connectivity index (χ1n) is 10.2. The van der Waals surface area contributed by atoms with Crippen molar-refractivity contribution in [1.29, 1.82) is 0 Å². The first-order chi connectivity index (χ1) is 13.8. The average Bonchev–Trinajstić information content (AvgIpc) is 2.73. The molecule has 2 aliphatic rings. The van der Waals surface area contributed by atoms with E-state index in [-0.39, 0.29) is 0 Å². The number of carbonyl (C=O) groups is 1. The number of halogens is 3. The number of carbonyl (C=O) groups excluding carboxylic acids is 1. The molecule has 1 aliphatic heterocycles. The van der Waals surface area contributed by atoms with Crippen LogP contribution >= 0.6 is 0 Å². The van der Waals surface area contributed by atoms with E-state index in [4.69, 9.17) is 5.11 Å². The topological polar surface area (TPSA) is 56.1 Å². The van der Waals surface area contributed by atoms with E-state index in [1.165, 1.54) is 12.1 Å². The van der Waals surface area contributed by atoms with Crippen molar-refractivity contribution in [2.45, 2.75) is 38.3 Å². The molecule has 0 aromatic heterocycles. The number of aliphatic imine (C=N–C) groups is 1. The van der Waals surface area contributed by atoms with Gasteiger partial charge in [-0.25, -0.2) is 4.99 Å². The second-order valence-electron chi connectivity index (χ2n) is 7.84. The fourth-order valence-corrected chi connectivity index (χ4v) is 4.10. The van der Waals surface area contributed by atoms with Gasteiger partial charge in [0.25, 0.3) is 5.91 Å². The highest BCUT2D eigenvalue weighted by atomic mass is 19.4. The Morgan fingerprint density at radius 2 is 1.83 bits per heavy atom. The lowest BCUT2D eigenvalue weighted by Gasteiger charge is -2.37. The van der Waals surface area contributed by atoms with Gasteiger partial charge in [-0.2, -0.15) is 13.2 Å². The van der Waals surface area contributed by atoms with E-state index in [9.17, 15) is 18.0 Å². The molecular formula is C21H28F3N3O2. The number of aliphatic hydroxyl groups excluding tert-OH is 1. The van der Waals surface area contributed by atoms with Crippen LogP contribution < -0.4 is 4.90 Å². The normalized spacial score (nSPS) is 21.3. The minimum Gasteiger partial charge on any atom is -0.386 e. The smallest absolute Gasteiger partial charge is 0.386 e. The van der Waals surface area contributed by atoms with Gasteiger partial charge in [0.2, 0.25) is 0 Å². The third-order valence-electron chi connectivity index (χ3n) is 5.86. The van der Waals surface area contributed by atoms with E-state index in [0.717, 1.165) is 76.6 Å². The Kier molecular flexibility index (Phi) is 7.29. The van der Waals surface area contributed by atoms with Gasteiger partial charge >= 0.3 is 6.18 Å². The minimum atomic E-state index is -4.31. The van der Waals surface area contributed by atoms with Crippen LogP contribution in [0.3, 0.4) is 0 Å². The Labute approximate surface area is 169 Å². The highest BCUT2D eigenvalue weighted by Gasteiger charge is 2.31. The van der Waals surface area contributed by atoms with E-state index in [2.05, 4.69) is 9.89 Å². The molecule has 0 spiro atoms. The lowest BCUT2D eigenvalue weighted by molar-refractivity contribution is -0.137. The molecule has 2 fully saturated rings. The zero-order chi connectivity index (χ0) is 20.9. The van der Waals surface area contributed by atoms with Crippen molar-refractivity contribution in [3.63, 3.8) is 0 Å². The van der Waals surface area contributed by atoms with Gasteiger partial charge in [-0.05, 0) is 62.8 Å². The maximum atomic E-state index is 12.9. The average molecular weight is 411 g/mol. The van der Waals surface area contributed by atoms with Crippen molar-refractivity contribution in [3.8, 4) is 0 Å². The van der Waals surface area contributed by atoms with Crippen LogP contribution in [-0.4, -0.2) is 61.0 Å². The quantitative estimate of drug-likeness (QED) is 0.807. The van der Waals surface area contributed by atoms with Gasteiger partial charge in [0.15, 0.2) is 0 Å². The molecule has 1 aromatic rings. The van der Waals surface area contributed by atoms with Crippen LogP contribution in [0.15, 0.2) is 29.3 Å². The molecule has 0 atom stereocenters. The lowest BCUT2D eigenvalue weighted by Crippen LogP contribution is -2.47. The van der Waals surface area contributed by atoms with Gasteiger partial charge in [0, 0.05) is 37.6 Å². The van der Waals surface area contributed by atoms with Gasteiger partial charge in [-0.15, -0.1) is 0 Å². The second-order valence-corrected chi connectivity index (χ2v) is 7.84. The van der Waals surface area contributed by atoms with Crippen LogP contribution in [0.5, 0.6) is 0 Å². The molecule has 1 N–H and O–H groups in total. The van der Waals surface area contributed by atoms with Crippen molar-refractivity contribution in [2.24, 2.45) is 10.9 Å². The Morgan fingerprint density at radius 1 is 1.14 bits per heavy atom. The lowest BCUT2D eigenvalue weighted by atomic mass is 9.85. The molecule has 1 saturated heterocycles. The van der Waals surface area contributed by atoms with Crippen molar-refractivity contribution in [3.05, 3.63) is 29.8 Å². The predicted octanol–water partition coefficient (Wildman–Crippen LogP) is 3.37. The maximum Gasteiger partial charge on any atom is 0.416 e. The van der Waals surface area contributed by atoms with Crippen LogP contribution in [0.4, 0.5) is 18.9 Å². The number of rotatable bonds is 5. The van der Waals surface area contributed by atoms with Crippen molar-refractivity contribution < 1.29 is 23.1 Å². The highest BCUT2D eigenvalue weighted by Crippen LogP contribution is 2.32. The van der Waals surface area contributed by atoms with Crippen molar-refractivity contribution >= 4 is 17.3 Å². The number of piperazine rings is 1. The molecule has 1 amide bonds. The van der Waals surface area contributed by atoms with Crippen LogP contribution in [0.1, 0.15) is 37.7 Å². The molecule has 160 valence electrons. The van der Waals surface area contributed by atoms with Gasteiger partial charge in [0.05, 0.1) is 5.56 Å². The van der Waals surface area contributed by atoms with Gasteiger partial charge in [-0.3, -0.25) is 9.69 Å². The SMILES string of the molecule is O=C(CO)N=C1CCC(CCN2CCN(c3cccc(C(F)(F)F)c3)CC2)CC1. The Morgan fingerprint density at radius 3 is 2.45 bits per heavy atom. The van der Waals surface area contributed by atoms with Crippen LogP contribution in [-0.2, 0) is 11.0 Å². The van der Waals surface area contributed by atoms with Crippen molar-refractivity contribution in [2.75, 3.05) is 44.2 Å². The molecule has 29 heavy (non-hydrogen) atoms. The van der Waals surface area contributed by atoms with E-state index >= 15 is 0 Å². The summed E-state index contributed by atoms with van der Waals surface area (Å²) in [5.41, 5.74) is 0.935. The number of hydrogen-bond acceptors (Lipinski definition) is 4. The number of anilines is 1. The number of nitrogens with zero attached hydrogens (tertiary/aromatic N) is 3. The molecule has 1 saturated carbocycles. The molecule has 1 heterocycles. The standard InChI is InChI=1S/C21H28F3N3O2/c22-21(23,24)17-2-1-3-19(14-17)27-12-10-26(11-13-27)9-8-16-4-6-18(7-5-16)25-20(29)15-28/h1-3,14,16,28H,4-13,15H2. The number of amides is 1. The number of alkyl halides is 3. The maximum absolute atomic E-state index is 12.9. The summed E-state index contributed by atoms with van der Waals surface area (Å²) >= 11 is 0. The zero-order valence-electron chi connectivity index (χ0n) is 16.5. The molecule has 3 rings (SSSR count). The van der Waals surface area contributed by atoms with Crippen molar-refractivity contribution in [1.82, 2.24) is 4.90 Å². The van der Waals surface area contributed by atoms with E-state index in [1.807, 2.05) is 4.90 Å². The van der Waals surface area contributed by atoms with E-state index in [0.29, 0.717) is 11.6 Å². The van der Waals surface area contributed by atoms with E-state index in [1.54, 1.807) is 6.07 Å². The number of hydrogen-bond donors (Lipinski definition) is 1. The van der Waals surface area contributed by atoms with Crippen LogP contribution in [0.2, 0.25) is 0 Å². The van der Waals surface area contributed by atoms with Crippen LogP contribution in [0, 0.1) is 5.92 Å². The largest absolute Gasteiger partial charge is 0.416 e. The second kappa shape index (κ2) is 9.71. The molecule has 0 unspecified atom stereocenters. The third-order valence-corrected chi connectivity index (χ3v) is 5.86.